The molecule has 106 valence electrons. The molecule has 0 saturated carbocycles. The Bertz CT molecular complexity index is 564. The second kappa shape index (κ2) is 6.20. The molecule has 2 heterocycles. The molecule has 0 fully saturated rings. The van der Waals surface area contributed by atoms with Crippen molar-refractivity contribution >= 4 is 0 Å². The van der Waals surface area contributed by atoms with E-state index in [-0.39, 0.29) is 6.10 Å². The first kappa shape index (κ1) is 13.3. The van der Waals surface area contributed by atoms with Gasteiger partial charge >= 0.3 is 0 Å². The largest absolute Gasteiger partial charge is 0.371 e. The van der Waals surface area contributed by atoms with Crippen LogP contribution < -0.4 is 5.32 Å². The van der Waals surface area contributed by atoms with Gasteiger partial charge in [-0.15, -0.1) is 0 Å². The number of nitrogens with zero attached hydrogens (tertiary/aromatic N) is 2. The number of hydrogen-bond acceptors (Lipinski definition) is 3. The van der Waals surface area contributed by atoms with Crippen molar-refractivity contribution in [2.75, 3.05) is 13.2 Å². The summed E-state index contributed by atoms with van der Waals surface area (Å²) in [6.45, 7) is 5.51. The molecule has 0 amide bonds. The van der Waals surface area contributed by atoms with E-state index in [4.69, 9.17) is 4.74 Å². The molecule has 0 bridgehead atoms. The van der Waals surface area contributed by atoms with Gasteiger partial charge < -0.3 is 10.1 Å². The van der Waals surface area contributed by atoms with E-state index in [0.717, 1.165) is 32.7 Å². The summed E-state index contributed by atoms with van der Waals surface area (Å²) in [5.41, 5.74) is 3.92. The molecular weight excluding hydrogens is 250 g/mol. The Balaban J connectivity index is 1.77. The lowest BCUT2D eigenvalue weighted by molar-refractivity contribution is 0.0277. The molecule has 1 aromatic carbocycles. The Hall–Kier alpha value is -1.65. The highest BCUT2D eigenvalue weighted by Crippen LogP contribution is 2.28. The van der Waals surface area contributed by atoms with Gasteiger partial charge in [-0.1, -0.05) is 31.2 Å². The maximum absolute atomic E-state index is 5.96. The van der Waals surface area contributed by atoms with Gasteiger partial charge in [0, 0.05) is 12.7 Å². The van der Waals surface area contributed by atoms with Gasteiger partial charge in [-0.25, -0.2) is 0 Å². The Morgan fingerprint density at radius 1 is 1.35 bits per heavy atom. The van der Waals surface area contributed by atoms with Crippen LogP contribution in [0.4, 0.5) is 0 Å². The molecule has 0 saturated heterocycles. The molecule has 0 spiro atoms. The first-order valence-corrected chi connectivity index (χ1v) is 7.29. The van der Waals surface area contributed by atoms with Crippen LogP contribution in [-0.4, -0.2) is 22.9 Å². The number of aromatic nitrogens is 2. The van der Waals surface area contributed by atoms with Crippen LogP contribution >= 0.6 is 0 Å². The fraction of sp³-hybridized carbons (Fsp3) is 0.438. The summed E-state index contributed by atoms with van der Waals surface area (Å²) < 4.78 is 8.01. The van der Waals surface area contributed by atoms with Gasteiger partial charge in [0.1, 0.15) is 6.10 Å². The second-order valence-corrected chi connectivity index (χ2v) is 5.09. The average Bonchev–Trinajstić information content (AvgIpc) is 2.93. The maximum Gasteiger partial charge on any atom is 0.102 e. The molecule has 4 heteroatoms. The zero-order chi connectivity index (χ0) is 13.8. The molecule has 3 rings (SSSR count). The van der Waals surface area contributed by atoms with Gasteiger partial charge in [-0.05, 0) is 30.2 Å². The first-order valence-electron chi connectivity index (χ1n) is 7.29. The summed E-state index contributed by atoms with van der Waals surface area (Å²) in [7, 11) is 0. The van der Waals surface area contributed by atoms with E-state index in [1.807, 2.05) is 6.20 Å². The molecule has 1 unspecified atom stereocenters. The molecule has 20 heavy (non-hydrogen) atoms. The smallest absolute Gasteiger partial charge is 0.102 e. The lowest BCUT2D eigenvalue weighted by Gasteiger charge is -2.26. The van der Waals surface area contributed by atoms with E-state index in [9.17, 15) is 0 Å². The van der Waals surface area contributed by atoms with Gasteiger partial charge in [-0.2, -0.15) is 5.10 Å². The zero-order valence-electron chi connectivity index (χ0n) is 11.9. The van der Waals surface area contributed by atoms with Crippen LogP contribution in [0.1, 0.15) is 29.8 Å². The van der Waals surface area contributed by atoms with Crippen LogP contribution in [-0.2, 0) is 24.2 Å². The van der Waals surface area contributed by atoms with Crippen LogP contribution in [0.25, 0.3) is 0 Å². The van der Waals surface area contributed by atoms with Crippen molar-refractivity contribution < 1.29 is 4.74 Å². The number of ether oxygens (including phenoxy) is 1. The van der Waals surface area contributed by atoms with E-state index in [1.54, 1.807) is 0 Å². The average molecular weight is 271 g/mol. The molecule has 1 atom stereocenters. The molecule has 1 aliphatic rings. The van der Waals surface area contributed by atoms with E-state index in [2.05, 4.69) is 52.4 Å². The minimum Gasteiger partial charge on any atom is -0.371 e. The Morgan fingerprint density at radius 2 is 2.25 bits per heavy atom. The van der Waals surface area contributed by atoms with Crippen LogP contribution in [0.2, 0.25) is 0 Å². The quantitative estimate of drug-likeness (QED) is 0.907. The van der Waals surface area contributed by atoms with Crippen LogP contribution in [0.15, 0.2) is 36.5 Å². The fourth-order valence-corrected chi connectivity index (χ4v) is 2.71. The van der Waals surface area contributed by atoms with Crippen molar-refractivity contribution in [3.8, 4) is 0 Å². The summed E-state index contributed by atoms with van der Waals surface area (Å²) in [5.74, 6) is 0. The number of fused-ring (bicyclic) bond motifs is 1. The van der Waals surface area contributed by atoms with Crippen LogP contribution in [0.3, 0.4) is 0 Å². The molecule has 1 aliphatic heterocycles. The topological polar surface area (TPSA) is 39.1 Å². The van der Waals surface area contributed by atoms with E-state index in [0.29, 0.717) is 0 Å². The predicted octanol–water partition coefficient (Wildman–Crippen LogP) is 2.31. The van der Waals surface area contributed by atoms with Gasteiger partial charge in [0.15, 0.2) is 0 Å². The van der Waals surface area contributed by atoms with E-state index < -0.39 is 0 Å². The first-order chi connectivity index (χ1) is 9.88. The highest BCUT2D eigenvalue weighted by Gasteiger charge is 2.21. The third-order valence-electron chi connectivity index (χ3n) is 3.79. The summed E-state index contributed by atoms with van der Waals surface area (Å²) in [4.78, 5) is 0. The summed E-state index contributed by atoms with van der Waals surface area (Å²) >= 11 is 0. The zero-order valence-corrected chi connectivity index (χ0v) is 11.9. The Morgan fingerprint density at radius 3 is 3.15 bits per heavy atom. The number of rotatable bonds is 5. The summed E-state index contributed by atoms with van der Waals surface area (Å²) in [6.07, 6.45) is 2.98. The minimum absolute atomic E-state index is 0.111. The van der Waals surface area contributed by atoms with Gasteiger partial charge in [0.25, 0.3) is 0 Å². The fourth-order valence-electron chi connectivity index (χ4n) is 2.71. The highest BCUT2D eigenvalue weighted by molar-refractivity contribution is 5.30. The van der Waals surface area contributed by atoms with E-state index >= 15 is 0 Å². The van der Waals surface area contributed by atoms with Crippen molar-refractivity contribution in [1.82, 2.24) is 15.1 Å². The van der Waals surface area contributed by atoms with Crippen molar-refractivity contribution in [1.29, 1.82) is 0 Å². The van der Waals surface area contributed by atoms with Crippen molar-refractivity contribution in [2.45, 2.75) is 32.5 Å². The van der Waals surface area contributed by atoms with Gasteiger partial charge in [0.05, 0.1) is 18.8 Å². The molecule has 1 aromatic heterocycles. The Labute approximate surface area is 119 Å². The minimum atomic E-state index is 0.111. The molecule has 0 radical (unpaired) electrons. The normalized spacial score (nSPS) is 17.9. The van der Waals surface area contributed by atoms with Crippen LogP contribution in [0, 0.1) is 0 Å². The number of nitrogens with one attached hydrogen (secondary N) is 1. The third-order valence-corrected chi connectivity index (χ3v) is 3.79. The molecule has 2 aromatic rings. The molecule has 1 N–H and O–H groups in total. The SMILES string of the molecule is CCNCc1ccnn1CC1OCCc2ccccc21. The molecule has 0 aliphatic carbocycles. The van der Waals surface area contributed by atoms with Crippen molar-refractivity contribution in [3.05, 3.63) is 53.3 Å². The summed E-state index contributed by atoms with van der Waals surface area (Å²) in [5, 5.41) is 7.78. The van der Waals surface area contributed by atoms with Crippen molar-refractivity contribution in [2.24, 2.45) is 0 Å². The van der Waals surface area contributed by atoms with Crippen LogP contribution in [0.5, 0.6) is 0 Å². The third kappa shape index (κ3) is 2.76. The number of benzene rings is 1. The predicted molar refractivity (Wildman–Crippen MR) is 78.4 cm³/mol. The van der Waals surface area contributed by atoms with E-state index in [1.165, 1.54) is 16.8 Å². The maximum atomic E-state index is 5.96. The summed E-state index contributed by atoms with van der Waals surface area (Å²) in [6, 6.07) is 10.6. The highest BCUT2D eigenvalue weighted by atomic mass is 16.5. The number of hydrogen-bond donors (Lipinski definition) is 1. The lowest BCUT2D eigenvalue weighted by Crippen LogP contribution is -2.23. The molecular formula is C16H21N3O. The van der Waals surface area contributed by atoms with Gasteiger partial charge in [0.2, 0.25) is 0 Å². The second-order valence-electron chi connectivity index (χ2n) is 5.09. The standard InChI is InChI=1S/C16H21N3O/c1-2-17-11-14-7-9-18-19(14)12-16-15-6-4-3-5-13(15)8-10-20-16/h3-7,9,16-17H,2,8,10-12H2,1H3. The Kier molecular flexibility index (Phi) is 4.14. The monoisotopic (exact) mass is 271 g/mol. The van der Waals surface area contributed by atoms with Gasteiger partial charge in [-0.3, -0.25) is 4.68 Å². The lowest BCUT2D eigenvalue weighted by atomic mass is 9.97. The molecule has 4 nitrogen and oxygen atoms in total. The van der Waals surface area contributed by atoms with Crippen molar-refractivity contribution in [3.63, 3.8) is 0 Å².